The van der Waals surface area contributed by atoms with Crippen molar-refractivity contribution in [1.29, 1.82) is 0 Å². The van der Waals surface area contributed by atoms with Gasteiger partial charge in [-0.05, 0) is 29.8 Å². The molecule has 0 spiro atoms. The molecule has 0 fully saturated rings. The van der Waals surface area contributed by atoms with Crippen LogP contribution in [-0.4, -0.2) is 19.6 Å². The van der Waals surface area contributed by atoms with E-state index in [-0.39, 0.29) is 5.88 Å². The Balaban J connectivity index is 1.79. The number of rotatable bonds is 3. The summed E-state index contributed by atoms with van der Waals surface area (Å²) >= 11 is 12.0. The first-order chi connectivity index (χ1) is 12.0. The van der Waals surface area contributed by atoms with Crippen LogP contribution in [0.1, 0.15) is 11.3 Å². The largest absolute Gasteiger partial charge is 0.493 e. The van der Waals surface area contributed by atoms with Crippen molar-refractivity contribution >= 4 is 34.1 Å². The number of aromatic hydroxyl groups is 1. The summed E-state index contributed by atoms with van der Waals surface area (Å²) in [6, 6.07) is 12.6. The van der Waals surface area contributed by atoms with Crippen LogP contribution in [0.25, 0.3) is 16.6 Å². The topological polar surface area (TPSA) is 73.8 Å². The fourth-order valence-corrected chi connectivity index (χ4v) is 3.49. The van der Waals surface area contributed by atoms with Crippen molar-refractivity contribution in [3.63, 3.8) is 0 Å². The Bertz CT molecular complexity index is 1120. The number of aromatic amines is 2. The van der Waals surface area contributed by atoms with E-state index >= 15 is 0 Å². The molecule has 0 unspecified atom stereocenters. The van der Waals surface area contributed by atoms with Gasteiger partial charge in [0.1, 0.15) is 0 Å². The van der Waals surface area contributed by atoms with Gasteiger partial charge in [0.25, 0.3) is 0 Å². The number of H-pyrrole nitrogens is 2. The molecule has 7 heteroatoms. The van der Waals surface area contributed by atoms with Crippen LogP contribution >= 0.6 is 23.2 Å². The van der Waals surface area contributed by atoms with Gasteiger partial charge in [-0.15, -0.1) is 0 Å². The number of imidazole rings is 1. The average Bonchev–Trinajstić information content (AvgIpc) is 3.08. The fraction of sp³-hybridized carbons (Fsp3) is 0.0556. The minimum absolute atomic E-state index is 0.159. The van der Waals surface area contributed by atoms with Crippen LogP contribution < -0.4 is 5.69 Å². The first-order valence-corrected chi connectivity index (χ1v) is 8.33. The Hall–Kier alpha value is -2.63. The summed E-state index contributed by atoms with van der Waals surface area (Å²) in [5.74, 6) is -0.159. The number of nitrogens with zero attached hydrogens (tertiary/aromatic N) is 1. The van der Waals surface area contributed by atoms with Gasteiger partial charge in [0.15, 0.2) is 0 Å². The molecule has 2 aromatic carbocycles. The van der Waals surface area contributed by atoms with Crippen molar-refractivity contribution in [1.82, 2.24) is 14.5 Å². The Morgan fingerprint density at radius 2 is 1.80 bits per heavy atom. The maximum atomic E-state index is 12.3. The van der Waals surface area contributed by atoms with Crippen molar-refractivity contribution in [3.05, 3.63) is 80.4 Å². The highest BCUT2D eigenvalue weighted by atomic mass is 35.5. The molecular weight excluding hydrogens is 361 g/mol. The van der Waals surface area contributed by atoms with Gasteiger partial charge in [0, 0.05) is 33.6 Å². The summed E-state index contributed by atoms with van der Waals surface area (Å²) in [6.45, 7) is 0. The molecule has 25 heavy (non-hydrogen) atoms. The summed E-state index contributed by atoms with van der Waals surface area (Å²) < 4.78 is 1.15. The number of halogens is 2. The molecule has 0 aliphatic carbocycles. The van der Waals surface area contributed by atoms with Gasteiger partial charge in [-0.25, -0.2) is 9.36 Å². The fourth-order valence-electron chi connectivity index (χ4n) is 2.97. The summed E-state index contributed by atoms with van der Waals surface area (Å²) in [7, 11) is 0. The molecule has 4 aromatic rings. The van der Waals surface area contributed by atoms with Gasteiger partial charge in [0.05, 0.1) is 11.4 Å². The van der Waals surface area contributed by atoms with E-state index < -0.39 is 5.69 Å². The van der Waals surface area contributed by atoms with Crippen LogP contribution in [0.3, 0.4) is 0 Å². The third-order valence-corrected chi connectivity index (χ3v) is 4.53. The lowest BCUT2D eigenvalue weighted by molar-refractivity contribution is 0.435. The lowest BCUT2D eigenvalue weighted by atomic mass is 10.1. The summed E-state index contributed by atoms with van der Waals surface area (Å²) in [6.07, 6.45) is 2.25. The highest BCUT2D eigenvalue weighted by Crippen LogP contribution is 2.27. The zero-order valence-corrected chi connectivity index (χ0v) is 14.4. The van der Waals surface area contributed by atoms with Gasteiger partial charge in [0.2, 0.25) is 5.88 Å². The predicted octanol–water partition coefficient (Wildman–Crippen LogP) is 4.25. The smallest absolute Gasteiger partial charge is 0.333 e. The lowest BCUT2D eigenvalue weighted by Crippen LogP contribution is -2.14. The van der Waals surface area contributed by atoms with E-state index in [0.717, 1.165) is 21.0 Å². The molecular formula is C18H13Cl2N3O2. The number of hydrogen-bond acceptors (Lipinski definition) is 2. The molecule has 0 aliphatic rings. The van der Waals surface area contributed by atoms with Crippen LogP contribution in [0.5, 0.6) is 5.88 Å². The van der Waals surface area contributed by atoms with Gasteiger partial charge >= 0.3 is 5.69 Å². The predicted molar refractivity (Wildman–Crippen MR) is 99.2 cm³/mol. The van der Waals surface area contributed by atoms with Crippen LogP contribution in [-0.2, 0) is 6.42 Å². The molecule has 0 atom stereocenters. The molecule has 0 aliphatic heterocycles. The van der Waals surface area contributed by atoms with Crippen molar-refractivity contribution in [2.45, 2.75) is 6.42 Å². The van der Waals surface area contributed by atoms with Crippen molar-refractivity contribution in [3.8, 4) is 11.6 Å². The maximum Gasteiger partial charge on any atom is 0.333 e. The van der Waals surface area contributed by atoms with Crippen molar-refractivity contribution < 1.29 is 5.11 Å². The normalized spacial score (nSPS) is 11.3. The highest BCUT2D eigenvalue weighted by molar-refractivity contribution is 6.34. The molecule has 2 aromatic heterocycles. The van der Waals surface area contributed by atoms with E-state index in [4.69, 9.17) is 23.2 Å². The Morgan fingerprint density at radius 1 is 1.08 bits per heavy atom. The molecule has 5 nitrogen and oxygen atoms in total. The minimum Gasteiger partial charge on any atom is -0.493 e. The second-order valence-electron chi connectivity index (χ2n) is 5.73. The standard InChI is InChI=1S/C18H13Cl2N3O2/c19-11-6-12(20)8-13(7-11)23-17(24)16(22-18(23)25)5-10-9-21-15-4-2-1-3-14(10)15/h1-4,6-9,21,24H,5H2,(H,22,25). The van der Waals surface area contributed by atoms with E-state index in [1.54, 1.807) is 18.2 Å². The molecule has 4 rings (SSSR count). The second kappa shape index (κ2) is 6.02. The molecule has 0 saturated heterocycles. The zero-order valence-electron chi connectivity index (χ0n) is 12.9. The van der Waals surface area contributed by atoms with Gasteiger partial charge in [-0.1, -0.05) is 41.4 Å². The van der Waals surface area contributed by atoms with Crippen LogP contribution in [0.2, 0.25) is 10.0 Å². The highest BCUT2D eigenvalue weighted by Gasteiger charge is 2.17. The Labute approximate surface area is 152 Å². The number of aromatic nitrogens is 3. The molecule has 3 N–H and O–H groups in total. The number of para-hydroxylation sites is 1. The molecule has 126 valence electrons. The van der Waals surface area contributed by atoms with Gasteiger partial charge in [-0.2, -0.15) is 0 Å². The monoisotopic (exact) mass is 373 g/mol. The van der Waals surface area contributed by atoms with Gasteiger partial charge in [-0.3, -0.25) is 0 Å². The number of nitrogens with one attached hydrogen (secondary N) is 2. The second-order valence-corrected chi connectivity index (χ2v) is 6.60. The number of benzene rings is 2. The molecule has 0 amide bonds. The summed E-state index contributed by atoms with van der Waals surface area (Å²) in [5, 5.41) is 12.4. The Morgan fingerprint density at radius 3 is 2.56 bits per heavy atom. The van der Waals surface area contributed by atoms with Crippen LogP contribution in [0, 0.1) is 0 Å². The summed E-state index contributed by atoms with van der Waals surface area (Å²) in [5.41, 5.74) is 2.35. The molecule has 2 heterocycles. The first kappa shape index (κ1) is 15.9. The van der Waals surface area contributed by atoms with E-state index in [0.29, 0.717) is 27.8 Å². The van der Waals surface area contributed by atoms with E-state index in [1.807, 2.05) is 30.5 Å². The Kier molecular flexibility index (Phi) is 3.82. The molecule has 0 radical (unpaired) electrons. The van der Waals surface area contributed by atoms with Crippen molar-refractivity contribution in [2.75, 3.05) is 0 Å². The van der Waals surface area contributed by atoms with E-state index in [1.165, 1.54) is 0 Å². The van der Waals surface area contributed by atoms with Gasteiger partial charge < -0.3 is 15.1 Å². The van der Waals surface area contributed by atoms with E-state index in [2.05, 4.69) is 9.97 Å². The van der Waals surface area contributed by atoms with Crippen LogP contribution in [0.4, 0.5) is 0 Å². The van der Waals surface area contributed by atoms with E-state index in [9.17, 15) is 9.90 Å². The average molecular weight is 374 g/mol. The minimum atomic E-state index is -0.453. The molecule has 0 bridgehead atoms. The first-order valence-electron chi connectivity index (χ1n) is 7.57. The molecule has 0 saturated carbocycles. The van der Waals surface area contributed by atoms with Crippen molar-refractivity contribution in [2.24, 2.45) is 0 Å². The van der Waals surface area contributed by atoms with Crippen LogP contribution in [0.15, 0.2) is 53.5 Å². The maximum absolute atomic E-state index is 12.3. The number of hydrogen-bond donors (Lipinski definition) is 3. The SMILES string of the molecule is O=c1[nH]c(Cc2c[nH]c3ccccc23)c(O)n1-c1cc(Cl)cc(Cl)c1. The third-order valence-electron chi connectivity index (χ3n) is 4.09. The number of fused-ring (bicyclic) bond motifs is 1. The third kappa shape index (κ3) is 2.81. The summed E-state index contributed by atoms with van der Waals surface area (Å²) in [4.78, 5) is 18.2. The zero-order chi connectivity index (χ0) is 17.6. The lowest BCUT2D eigenvalue weighted by Gasteiger charge is -2.05. The quantitative estimate of drug-likeness (QED) is 0.502.